The van der Waals surface area contributed by atoms with Crippen LogP contribution in [-0.4, -0.2) is 11.7 Å². The Bertz CT molecular complexity index is 668. The van der Waals surface area contributed by atoms with Gasteiger partial charge in [-0.3, -0.25) is 0 Å². The fraction of sp³-hybridized carbons (Fsp3) is 0.316. The zero-order chi connectivity index (χ0) is 16.8. The number of hydrogen-bond acceptors (Lipinski definition) is 2. The average molecular weight is 328 g/mol. The third kappa shape index (κ3) is 4.96. The first kappa shape index (κ1) is 17.3. The zero-order valence-electron chi connectivity index (χ0n) is 14.1. The predicted molar refractivity (Wildman–Crippen MR) is 101 cm³/mol. The quantitative estimate of drug-likeness (QED) is 0.776. The third-order valence-corrected chi connectivity index (χ3v) is 4.02. The lowest BCUT2D eigenvalue weighted by Gasteiger charge is -2.18. The maximum atomic E-state index is 5.43. The van der Waals surface area contributed by atoms with Crippen LogP contribution in [0.1, 0.15) is 36.6 Å². The van der Waals surface area contributed by atoms with Crippen molar-refractivity contribution >= 4 is 23.0 Å². The van der Waals surface area contributed by atoms with E-state index in [-0.39, 0.29) is 6.04 Å². The molecule has 0 spiro atoms. The van der Waals surface area contributed by atoms with Crippen molar-refractivity contribution in [3.05, 3.63) is 59.2 Å². The van der Waals surface area contributed by atoms with Crippen LogP contribution < -0.4 is 15.4 Å². The van der Waals surface area contributed by atoms with Crippen LogP contribution in [-0.2, 0) is 0 Å². The lowest BCUT2D eigenvalue weighted by atomic mass is 10.0. The molecule has 0 aromatic heterocycles. The van der Waals surface area contributed by atoms with E-state index < -0.39 is 0 Å². The van der Waals surface area contributed by atoms with Gasteiger partial charge in [0.05, 0.1) is 12.6 Å². The van der Waals surface area contributed by atoms with E-state index >= 15 is 0 Å². The summed E-state index contributed by atoms with van der Waals surface area (Å²) in [6.45, 7) is 8.99. The molecule has 1 unspecified atom stereocenters. The highest BCUT2D eigenvalue weighted by atomic mass is 32.1. The summed E-state index contributed by atoms with van der Waals surface area (Å²) in [7, 11) is 0. The van der Waals surface area contributed by atoms with E-state index in [0.717, 1.165) is 11.4 Å². The molecule has 0 saturated carbocycles. The van der Waals surface area contributed by atoms with Crippen LogP contribution in [0, 0.1) is 13.8 Å². The Balaban J connectivity index is 1.94. The van der Waals surface area contributed by atoms with Gasteiger partial charge in [-0.2, -0.15) is 0 Å². The van der Waals surface area contributed by atoms with Gasteiger partial charge in [-0.25, -0.2) is 0 Å². The molecule has 0 radical (unpaired) electrons. The number of benzene rings is 2. The minimum absolute atomic E-state index is 0.150. The minimum atomic E-state index is 0.150. The van der Waals surface area contributed by atoms with E-state index in [9.17, 15) is 0 Å². The fourth-order valence-electron chi connectivity index (χ4n) is 2.28. The second-order valence-corrected chi connectivity index (χ2v) is 6.03. The van der Waals surface area contributed by atoms with E-state index in [1.54, 1.807) is 0 Å². The number of nitrogens with one attached hydrogen (secondary N) is 2. The van der Waals surface area contributed by atoms with Crippen molar-refractivity contribution in [3.8, 4) is 5.75 Å². The summed E-state index contributed by atoms with van der Waals surface area (Å²) in [5.41, 5.74) is 4.76. The van der Waals surface area contributed by atoms with E-state index in [2.05, 4.69) is 49.6 Å². The molecule has 0 aliphatic heterocycles. The zero-order valence-corrected chi connectivity index (χ0v) is 15.0. The van der Waals surface area contributed by atoms with Crippen molar-refractivity contribution in [2.75, 3.05) is 11.9 Å². The van der Waals surface area contributed by atoms with Crippen LogP contribution in [0.3, 0.4) is 0 Å². The van der Waals surface area contributed by atoms with Gasteiger partial charge >= 0.3 is 0 Å². The monoisotopic (exact) mass is 328 g/mol. The van der Waals surface area contributed by atoms with Crippen molar-refractivity contribution in [2.45, 2.75) is 33.7 Å². The van der Waals surface area contributed by atoms with Gasteiger partial charge in [0.2, 0.25) is 0 Å². The second kappa shape index (κ2) is 7.97. The molecule has 3 nitrogen and oxygen atoms in total. The fourth-order valence-corrected chi connectivity index (χ4v) is 2.58. The predicted octanol–water partition coefficient (Wildman–Crippen LogP) is 4.75. The summed E-state index contributed by atoms with van der Waals surface area (Å²) >= 11 is 5.40. The van der Waals surface area contributed by atoms with Gasteiger partial charge in [0.1, 0.15) is 5.75 Å². The highest BCUT2D eigenvalue weighted by Crippen LogP contribution is 2.18. The molecule has 2 N–H and O–H groups in total. The van der Waals surface area contributed by atoms with E-state index in [1.807, 2.05) is 31.2 Å². The molecule has 0 bridgehead atoms. The Kier molecular flexibility index (Phi) is 5.99. The Labute approximate surface area is 144 Å². The Morgan fingerprint density at radius 1 is 1.09 bits per heavy atom. The van der Waals surface area contributed by atoms with Crippen molar-refractivity contribution < 1.29 is 4.74 Å². The maximum Gasteiger partial charge on any atom is 0.171 e. The molecule has 0 heterocycles. The maximum absolute atomic E-state index is 5.43. The van der Waals surface area contributed by atoms with Gasteiger partial charge in [-0.15, -0.1) is 0 Å². The first-order valence-corrected chi connectivity index (χ1v) is 8.28. The number of ether oxygens (including phenoxy) is 1. The smallest absolute Gasteiger partial charge is 0.171 e. The normalized spacial score (nSPS) is 11.7. The first-order chi connectivity index (χ1) is 11.0. The Morgan fingerprint density at radius 3 is 2.39 bits per heavy atom. The van der Waals surface area contributed by atoms with Crippen LogP contribution in [0.4, 0.5) is 5.69 Å². The molecule has 0 amide bonds. The van der Waals surface area contributed by atoms with Crippen molar-refractivity contribution in [1.82, 2.24) is 5.32 Å². The molecule has 0 fully saturated rings. The molecule has 0 saturated heterocycles. The number of thiocarbonyl (C=S) groups is 1. The summed E-state index contributed by atoms with van der Waals surface area (Å²) in [6.07, 6.45) is 0. The average Bonchev–Trinajstić information content (AvgIpc) is 2.52. The van der Waals surface area contributed by atoms with E-state index in [4.69, 9.17) is 17.0 Å². The standard InChI is InChI=1S/C19H24N2OS/c1-5-22-18-10-8-17(9-11-18)21-19(23)20-15(4)16-7-6-13(2)14(3)12-16/h6-12,15H,5H2,1-4H3,(H2,20,21,23). The van der Waals surface area contributed by atoms with Crippen LogP contribution >= 0.6 is 12.2 Å². The molecule has 0 aliphatic rings. The van der Waals surface area contributed by atoms with Crippen LogP contribution in [0.25, 0.3) is 0 Å². The molecular formula is C19H24N2OS. The molecule has 4 heteroatoms. The topological polar surface area (TPSA) is 33.3 Å². The first-order valence-electron chi connectivity index (χ1n) is 7.87. The van der Waals surface area contributed by atoms with Gasteiger partial charge in [0.25, 0.3) is 0 Å². The van der Waals surface area contributed by atoms with Crippen molar-refractivity contribution in [1.29, 1.82) is 0 Å². The van der Waals surface area contributed by atoms with Gasteiger partial charge in [-0.05, 0) is 80.9 Å². The van der Waals surface area contributed by atoms with E-state index in [0.29, 0.717) is 11.7 Å². The van der Waals surface area contributed by atoms with E-state index in [1.165, 1.54) is 16.7 Å². The summed E-state index contributed by atoms with van der Waals surface area (Å²) in [5, 5.41) is 7.13. The third-order valence-electron chi connectivity index (χ3n) is 3.80. The van der Waals surface area contributed by atoms with Crippen molar-refractivity contribution in [3.63, 3.8) is 0 Å². The largest absolute Gasteiger partial charge is 0.494 e. The SMILES string of the molecule is CCOc1ccc(NC(=S)NC(C)c2ccc(C)c(C)c2)cc1. The lowest BCUT2D eigenvalue weighted by molar-refractivity contribution is 0.340. The highest BCUT2D eigenvalue weighted by molar-refractivity contribution is 7.80. The molecule has 23 heavy (non-hydrogen) atoms. The molecular weight excluding hydrogens is 304 g/mol. The minimum Gasteiger partial charge on any atom is -0.494 e. The summed E-state index contributed by atoms with van der Waals surface area (Å²) in [4.78, 5) is 0. The van der Waals surface area contributed by atoms with Crippen LogP contribution in [0.2, 0.25) is 0 Å². The number of hydrogen-bond donors (Lipinski definition) is 2. The number of aryl methyl sites for hydroxylation is 2. The summed E-state index contributed by atoms with van der Waals surface area (Å²) < 4.78 is 5.43. The van der Waals surface area contributed by atoms with Crippen LogP contribution in [0.15, 0.2) is 42.5 Å². The molecule has 2 aromatic carbocycles. The highest BCUT2D eigenvalue weighted by Gasteiger charge is 2.08. The lowest BCUT2D eigenvalue weighted by Crippen LogP contribution is -2.30. The Hall–Kier alpha value is -2.07. The van der Waals surface area contributed by atoms with Gasteiger partial charge in [0.15, 0.2) is 5.11 Å². The molecule has 2 rings (SSSR count). The molecule has 2 aromatic rings. The van der Waals surface area contributed by atoms with Crippen LogP contribution in [0.5, 0.6) is 5.75 Å². The second-order valence-electron chi connectivity index (χ2n) is 5.62. The van der Waals surface area contributed by atoms with Gasteiger partial charge in [0, 0.05) is 5.69 Å². The van der Waals surface area contributed by atoms with Gasteiger partial charge < -0.3 is 15.4 Å². The summed E-state index contributed by atoms with van der Waals surface area (Å²) in [6, 6.07) is 14.4. The molecule has 1 atom stereocenters. The summed E-state index contributed by atoms with van der Waals surface area (Å²) in [5.74, 6) is 0.862. The van der Waals surface area contributed by atoms with Crippen molar-refractivity contribution in [2.24, 2.45) is 0 Å². The van der Waals surface area contributed by atoms with Gasteiger partial charge in [-0.1, -0.05) is 18.2 Å². The number of anilines is 1. The Morgan fingerprint density at radius 2 is 1.78 bits per heavy atom. The molecule has 0 aliphatic carbocycles. The number of rotatable bonds is 5. The molecule has 122 valence electrons.